The van der Waals surface area contributed by atoms with Gasteiger partial charge in [0.2, 0.25) is 0 Å². The number of fused-ring (bicyclic) bond motifs is 2. The first-order valence-corrected chi connectivity index (χ1v) is 11.8. The van der Waals surface area contributed by atoms with E-state index in [1.54, 1.807) is 25.1 Å². The molecule has 188 valence electrons. The number of carbonyl (C=O) groups is 3. The Morgan fingerprint density at radius 1 is 1.16 bits per heavy atom. The van der Waals surface area contributed by atoms with E-state index in [0.717, 1.165) is 11.1 Å². The van der Waals surface area contributed by atoms with Crippen LogP contribution < -0.4 is 10.6 Å². The van der Waals surface area contributed by atoms with Gasteiger partial charge in [0, 0.05) is 18.7 Å². The number of halogens is 2. The van der Waals surface area contributed by atoms with Crippen molar-refractivity contribution < 1.29 is 23.9 Å². The summed E-state index contributed by atoms with van der Waals surface area (Å²) in [7, 11) is 0. The van der Waals surface area contributed by atoms with Crippen LogP contribution >= 0.6 is 11.6 Å². The Kier molecular flexibility index (Phi) is 6.34. The maximum atomic E-state index is 13.4. The number of hydrogen-bond acceptors (Lipinski definition) is 5. The number of aromatic carboxylic acids is 1. The van der Waals surface area contributed by atoms with Crippen molar-refractivity contribution >= 4 is 35.0 Å². The number of carboxylic acid groups (broad SMARTS) is 1. The van der Waals surface area contributed by atoms with E-state index in [1.807, 2.05) is 0 Å². The molecular formula is C26H21ClFN5O4. The molecule has 11 heteroatoms. The van der Waals surface area contributed by atoms with E-state index < -0.39 is 23.6 Å². The standard InChI is InChI=1S/C26H21ClFN5O4/c1-13-15-5-7-20(17(15)4-3-16(13)26(36)37)32-24(34)21-11-22(33-23(31-21)8-9-30-33)25(35)29-12-14-2-6-19(28)18(27)10-14/h2-4,6,8-11,20H,5,7,12H2,1H3,(H,29,35)(H,32,34)(H,36,37)/t20-/m0/s1. The lowest BCUT2D eigenvalue weighted by atomic mass is 9.98. The number of carboxylic acids is 1. The van der Waals surface area contributed by atoms with Crippen molar-refractivity contribution in [3.63, 3.8) is 0 Å². The van der Waals surface area contributed by atoms with Crippen LogP contribution in [0, 0.1) is 12.7 Å². The lowest BCUT2D eigenvalue weighted by Gasteiger charge is -2.16. The maximum Gasteiger partial charge on any atom is 0.335 e. The van der Waals surface area contributed by atoms with Crippen LogP contribution in [0.4, 0.5) is 4.39 Å². The number of carbonyl (C=O) groups excluding carboxylic acids is 2. The Hall–Kier alpha value is -4.31. The van der Waals surface area contributed by atoms with E-state index in [0.29, 0.717) is 29.6 Å². The Labute approximate surface area is 215 Å². The molecule has 2 aromatic carbocycles. The van der Waals surface area contributed by atoms with Crippen molar-refractivity contribution in [1.82, 2.24) is 25.2 Å². The summed E-state index contributed by atoms with van der Waals surface area (Å²) >= 11 is 5.82. The molecule has 1 aliphatic carbocycles. The maximum absolute atomic E-state index is 13.4. The molecule has 2 aromatic heterocycles. The van der Waals surface area contributed by atoms with Gasteiger partial charge in [0.25, 0.3) is 11.8 Å². The topological polar surface area (TPSA) is 126 Å². The van der Waals surface area contributed by atoms with Gasteiger partial charge in [-0.15, -0.1) is 0 Å². The summed E-state index contributed by atoms with van der Waals surface area (Å²) in [6, 6.07) is 10.1. The summed E-state index contributed by atoms with van der Waals surface area (Å²) in [4.78, 5) is 42.0. The molecule has 3 N–H and O–H groups in total. The van der Waals surface area contributed by atoms with Crippen molar-refractivity contribution in [3.8, 4) is 0 Å². The van der Waals surface area contributed by atoms with E-state index in [2.05, 4.69) is 20.7 Å². The number of nitrogens with zero attached hydrogens (tertiary/aromatic N) is 3. The van der Waals surface area contributed by atoms with E-state index in [1.165, 1.54) is 35.0 Å². The number of nitrogens with one attached hydrogen (secondary N) is 2. The lowest BCUT2D eigenvalue weighted by molar-refractivity contribution is 0.0695. The number of amides is 2. The highest BCUT2D eigenvalue weighted by Crippen LogP contribution is 2.34. The van der Waals surface area contributed by atoms with Gasteiger partial charge in [0.1, 0.15) is 17.2 Å². The van der Waals surface area contributed by atoms with Gasteiger partial charge in [-0.2, -0.15) is 5.10 Å². The first kappa shape index (κ1) is 24.4. The molecule has 4 aromatic rings. The summed E-state index contributed by atoms with van der Waals surface area (Å²) in [6.07, 6.45) is 2.73. The van der Waals surface area contributed by atoms with Gasteiger partial charge in [-0.1, -0.05) is 23.7 Å². The monoisotopic (exact) mass is 521 g/mol. The molecule has 0 radical (unpaired) electrons. The molecule has 9 nitrogen and oxygen atoms in total. The Morgan fingerprint density at radius 3 is 2.73 bits per heavy atom. The zero-order valence-corrected chi connectivity index (χ0v) is 20.3. The third kappa shape index (κ3) is 4.63. The number of hydrogen-bond donors (Lipinski definition) is 3. The Bertz CT molecular complexity index is 1580. The molecule has 1 aliphatic rings. The summed E-state index contributed by atoms with van der Waals surface area (Å²) in [5.74, 6) is -2.52. The molecule has 1 atom stereocenters. The molecule has 0 saturated heterocycles. The van der Waals surface area contributed by atoms with Crippen LogP contribution in [0.1, 0.15) is 66.1 Å². The van der Waals surface area contributed by atoms with Gasteiger partial charge in [0.15, 0.2) is 5.65 Å². The minimum Gasteiger partial charge on any atom is -0.478 e. The summed E-state index contributed by atoms with van der Waals surface area (Å²) in [5.41, 5.74) is 3.79. The molecule has 0 bridgehead atoms. The highest BCUT2D eigenvalue weighted by Gasteiger charge is 2.28. The average molecular weight is 522 g/mol. The predicted octanol–water partition coefficient (Wildman–Crippen LogP) is 3.88. The number of benzene rings is 2. The third-order valence-electron chi connectivity index (χ3n) is 6.49. The number of rotatable bonds is 6. The van der Waals surface area contributed by atoms with E-state index >= 15 is 0 Å². The first-order valence-electron chi connectivity index (χ1n) is 11.5. The van der Waals surface area contributed by atoms with Crippen LogP contribution in [-0.2, 0) is 13.0 Å². The number of aromatic nitrogens is 3. The SMILES string of the molecule is Cc1c(C(=O)O)ccc2c1CC[C@@H]2NC(=O)c1cc(C(=O)NCc2ccc(F)c(Cl)c2)n2nccc2n1. The van der Waals surface area contributed by atoms with Crippen LogP contribution in [-0.4, -0.2) is 37.5 Å². The van der Waals surface area contributed by atoms with Crippen molar-refractivity contribution in [2.75, 3.05) is 0 Å². The minimum atomic E-state index is -0.987. The highest BCUT2D eigenvalue weighted by molar-refractivity contribution is 6.30. The van der Waals surface area contributed by atoms with Crippen molar-refractivity contribution in [2.24, 2.45) is 0 Å². The highest BCUT2D eigenvalue weighted by atomic mass is 35.5. The lowest BCUT2D eigenvalue weighted by Crippen LogP contribution is -2.30. The van der Waals surface area contributed by atoms with Crippen molar-refractivity contribution in [1.29, 1.82) is 0 Å². The molecule has 2 amide bonds. The van der Waals surface area contributed by atoms with Gasteiger partial charge in [0.05, 0.1) is 22.8 Å². The van der Waals surface area contributed by atoms with Crippen LogP contribution in [0.5, 0.6) is 0 Å². The fourth-order valence-electron chi connectivity index (χ4n) is 4.61. The van der Waals surface area contributed by atoms with Crippen LogP contribution in [0.3, 0.4) is 0 Å². The van der Waals surface area contributed by atoms with Gasteiger partial charge < -0.3 is 15.7 Å². The van der Waals surface area contributed by atoms with E-state index in [4.69, 9.17) is 11.6 Å². The molecular weight excluding hydrogens is 501 g/mol. The molecule has 0 unspecified atom stereocenters. The molecule has 0 spiro atoms. The Morgan fingerprint density at radius 2 is 1.97 bits per heavy atom. The van der Waals surface area contributed by atoms with Crippen molar-refractivity contribution in [2.45, 2.75) is 32.4 Å². The summed E-state index contributed by atoms with van der Waals surface area (Å²) in [6.45, 7) is 1.86. The molecule has 0 fully saturated rings. The first-order chi connectivity index (χ1) is 17.7. The Balaban J connectivity index is 1.37. The van der Waals surface area contributed by atoms with Gasteiger partial charge in [-0.3, -0.25) is 9.59 Å². The minimum absolute atomic E-state index is 0.0373. The fourth-order valence-corrected chi connectivity index (χ4v) is 4.81. The van der Waals surface area contributed by atoms with Gasteiger partial charge in [-0.05, 0) is 60.2 Å². The smallest absolute Gasteiger partial charge is 0.335 e. The fraction of sp³-hybridized carbons (Fsp3) is 0.192. The predicted molar refractivity (Wildman–Crippen MR) is 132 cm³/mol. The molecule has 5 rings (SSSR count). The van der Waals surface area contributed by atoms with Gasteiger partial charge >= 0.3 is 5.97 Å². The molecule has 0 aliphatic heterocycles. The van der Waals surface area contributed by atoms with Crippen molar-refractivity contribution in [3.05, 3.63) is 98.7 Å². The summed E-state index contributed by atoms with van der Waals surface area (Å²) < 4.78 is 14.7. The molecule has 2 heterocycles. The zero-order valence-electron chi connectivity index (χ0n) is 19.6. The second kappa shape index (κ2) is 9.62. The summed E-state index contributed by atoms with van der Waals surface area (Å²) in [5, 5.41) is 19.2. The second-order valence-electron chi connectivity index (χ2n) is 8.73. The largest absolute Gasteiger partial charge is 0.478 e. The molecule has 37 heavy (non-hydrogen) atoms. The van der Waals surface area contributed by atoms with Gasteiger partial charge in [-0.25, -0.2) is 18.7 Å². The van der Waals surface area contributed by atoms with Crippen LogP contribution in [0.15, 0.2) is 48.7 Å². The average Bonchev–Trinajstić information content (AvgIpc) is 3.51. The molecule has 0 saturated carbocycles. The zero-order chi connectivity index (χ0) is 26.3. The normalized spacial score (nSPS) is 14.4. The van der Waals surface area contributed by atoms with E-state index in [-0.39, 0.29) is 34.6 Å². The van der Waals surface area contributed by atoms with E-state index in [9.17, 15) is 23.9 Å². The second-order valence-corrected chi connectivity index (χ2v) is 9.14. The third-order valence-corrected chi connectivity index (χ3v) is 6.78. The quantitative estimate of drug-likeness (QED) is 0.353. The van der Waals surface area contributed by atoms with Crippen LogP contribution in [0.25, 0.3) is 5.65 Å². The van der Waals surface area contributed by atoms with Crippen LogP contribution in [0.2, 0.25) is 5.02 Å².